The fourth-order valence-electron chi connectivity index (χ4n) is 3.25. The second-order valence-corrected chi connectivity index (χ2v) is 5.97. The molecule has 2 amide bonds. The average Bonchev–Trinajstić information content (AvgIpc) is 2.82. The Kier molecular flexibility index (Phi) is 4.32. The van der Waals surface area contributed by atoms with E-state index in [4.69, 9.17) is 0 Å². The maximum Gasteiger partial charge on any atom is 0.252 e. The Morgan fingerprint density at radius 3 is 2.36 bits per heavy atom. The lowest BCUT2D eigenvalue weighted by atomic mass is 10.1. The number of likely N-dealkylation sites (tertiary alicyclic amines) is 1. The SMILES string of the molecule is CCN1C(=O)C[C@H](Nc2ccc(N3CCCCC3)cc2)C1=O. The van der Waals surface area contributed by atoms with Gasteiger partial charge in [-0.1, -0.05) is 0 Å². The third-order valence-corrected chi connectivity index (χ3v) is 4.49. The van der Waals surface area contributed by atoms with Gasteiger partial charge >= 0.3 is 0 Å². The first-order valence-corrected chi connectivity index (χ1v) is 8.15. The molecule has 5 nitrogen and oxygen atoms in total. The largest absolute Gasteiger partial charge is 0.373 e. The van der Waals surface area contributed by atoms with Crippen LogP contribution in [0.25, 0.3) is 0 Å². The van der Waals surface area contributed by atoms with Crippen LogP contribution in [0.15, 0.2) is 24.3 Å². The molecule has 1 N–H and O–H groups in total. The number of amides is 2. The number of nitrogens with one attached hydrogen (secondary N) is 1. The highest BCUT2D eigenvalue weighted by atomic mass is 16.2. The van der Waals surface area contributed by atoms with E-state index in [0.717, 1.165) is 18.8 Å². The van der Waals surface area contributed by atoms with Crippen molar-refractivity contribution in [3.8, 4) is 0 Å². The summed E-state index contributed by atoms with van der Waals surface area (Å²) >= 11 is 0. The number of likely N-dealkylation sites (N-methyl/N-ethyl adjacent to an activating group) is 1. The van der Waals surface area contributed by atoms with E-state index in [9.17, 15) is 9.59 Å². The molecule has 3 rings (SSSR count). The second-order valence-electron chi connectivity index (χ2n) is 5.97. The molecule has 1 atom stereocenters. The van der Waals surface area contributed by atoms with Crippen LogP contribution in [0.3, 0.4) is 0 Å². The van der Waals surface area contributed by atoms with Gasteiger partial charge in [0.25, 0.3) is 5.91 Å². The van der Waals surface area contributed by atoms with Gasteiger partial charge in [-0.15, -0.1) is 0 Å². The molecule has 0 aliphatic carbocycles. The number of piperidine rings is 1. The Labute approximate surface area is 131 Å². The van der Waals surface area contributed by atoms with Crippen LogP contribution in [-0.2, 0) is 9.59 Å². The van der Waals surface area contributed by atoms with Crippen molar-refractivity contribution >= 4 is 23.2 Å². The number of hydrogen-bond acceptors (Lipinski definition) is 4. The van der Waals surface area contributed by atoms with Crippen LogP contribution >= 0.6 is 0 Å². The number of rotatable bonds is 4. The van der Waals surface area contributed by atoms with Gasteiger partial charge in [-0.25, -0.2) is 0 Å². The first kappa shape index (κ1) is 14.9. The smallest absolute Gasteiger partial charge is 0.252 e. The van der Waals surface area contributed by atoms with E-state index in [1.54, 1.807) is 0 Å². The summed E-state index contributed by atoms with van der Waals surface area (Å²) in [6.45, 7) is 4.51. The van der Waals surface area contributed by atoms with E-state index in [2.05, 4.69) is 22.3 Å². The maximum atomic E-state index is 12.1. The Morgan fingerprint density at radius 2 is 1.77 bits per heavy atom. The van der Waals surface area contributed by atoms with E-state index >= 15 is 0 Å². The van der Waals surface area contributed by atoms with Gasteiger partial charge in [0.05, 0.1) is 6.42 Å². The normalized spacial score (nSPS) is 22.3. The Balaban J connectivity index is 1.64. The number of benzene rings is 1. The molecule has 2 fully saturated rings. The van der Waals surface area contributed by atoms with Gasteiger partial charge in [0.15, 0.2) is 0 Å². The van der Waals surface area contributed by atoms with E-state index in [-0.39, 0.29) is 18.2 Å². The average molecular weight is 301 g/mol. The predicted octanol–water partition coefficient (Wildman–Crippen LogP) is 2.24. The lowest BCUT2D eigenvalue weighted by molar-refractivity contribution is -0.138. The fraction of sp³-hybridized carbons (Fsp3) is 0.529. The highest BCUT2D eigenvalue weighted by molar-refractivity contribution is 6.06. The number of carbonyl (C=O) groups is 2. The third kappa shape index (κ3) is 2.93. The quantitative estimate of drug-likeness (QED) is 0.867. The minimum absolute atomic E-state index is 0.0880. The van der Waals surface area contributed by atoms with Crippen LogP contribution in [0.4, 0.5) is 11.4 Å². The summed E-state index contributed by atoms with van der Waals surface area (Å²) < 4.78 is 0. The Bertz CT molecular complexity index is 550. The summed E-state index contributed by atoms with van der Waals surface area (Å²) in [5, 5.41) is 3.18. The van der Waals surface area contributed by atoms with E-state index in [1.165, 1.54) is 29.8 Å². The molecule has 0 spiro atoms. The highest BCUT2D eigenvalue weighted by Gasteiger charge is 2.37. The first-order chi connectivity index (χ1) is 10.7. The van der Waals surface area contributed by atoms with Crippen molar-refractivity contribution in [3.63, 3.8) is 0 Å². The standard InChI is InChI=1S/C17H23N3O2/c1-2-20-16(21)12-15(17(20)22)18-13-6-8-14(9-7-13)19-10-4-3-5-11-19/h6-9,15,18H,2-5,10-12H2,1H3/t15-/m0/s1. The maximum absolute atomic E-state index is 12.1. The summed E-state index contributed by atoms with van der Waals surface area (Å²) in [4.78, 5) is 27.6. The van der Waals surface area contributed by atoms with Crippen molar-refractivity contribution in [2.75, 3.05) is 29.9 Å². The number of carbonyl (C=O) groups excluding carboxylic acids is 2. The van der Waals surface area contributed by atoms with Crippen LogP contribution in [-0.4, -0.2) is 42.4 Å². The number of imide groups is 1. The van der Waals surface area contributed by atoms with Crippen LogP contribution < -0.4 is 10.2 Å². The molecule has 22 heavy (non-hydrogen) atoms. The van der Waals surface area contributed by atoms with Crippen molar-refractivity contribution in [3.05, 3.63) is 24.3 Å². The lowest BCUT2D eigenvalue weighted by Crippen LogP contribution is -2.34. The second kappa shape index (κ2) is 6.38. The molecule has 1 aromatic rings. The summed E-state index contributed by atoms with van der Waals surface area (Å²) in [7, 11) is 0. The van der Waals surface area contributed by atoms with Gasteiger partial charge in [-0.05, 0) is 50.5 Å². The molecule has 1 aromatic carbocycles. The summed E-state index contributed by atoms with van der Waals surface area (Å²) in [5.41, 5.74) is 2.12. The van der Waals surface area contributed by atoms with Gasteiger partial charge in [-0.2, -0.15) is 0 Å². The van der Waals surface area contributed by atoms with E-state index in [1.807, 2.05) is 19.1 Å². The predicted molar refractivity (Wildman–Crippen MR) is 86.9 cm³/mol. The molecular weight excluding hydrogens is 278 g/mol. The van der Waals surface area contributed by atoms with Crippen molar-refractivity contribution in [1.82, 2.24) is 4.90 Å². The minimum atomic E-state index is -0.423. The van der Waals surface area contributed by atoms with Gasteiger partial charge in [0, 0.05) is 31.0 Å². The molecule has 0 bridgehead atoms. The fourth-order valence-corrected chi connectivity index (χ4v) is 3.25. The first-order valence-electron chi connectivity index (χ1n) is 8.15. The monoisotopic (exact) mass is 301 g/mol. The van der Waals surface area contributed by atoms with Gasteiger partial charge in [0.1, 0.15) is 6.04 Å². The zero-order valence-electron chi connectivity index (χ0n) is 13.0. The Morgan fingerprint density at radius 1 is 1.09 bits per heavy atom. The molecule has 118 valence electrons. The summed E-state index contributed by atoms with van der Waals surface area (Å²) in [6, 6.07) is 7.75. The highest BCUT2D eigenvalue weighted by Crippen LogP contribution is 2.23. The third-order valence-electron chi connectivity index (χ3n) is 4.49. The molecule has 2 aliphatic heterocycles. The number of hydrogen-bond donors (Lipinski definition) is 1. The van der Waals surface area contributed by atoms with E-state index in [0.29, 0.717) is 6.54 Å². The summed E-state index contributed by atoms with van der Waals surface area (Å²) in [6.07, 6.45) is 4.08. The molecule has 0 saturated carbocycles. The summed E-state index contributed by atoms with van der Waals surface area (Å²) in [5.74, 6) is -0.206. The molecular formula is C17H23N3O2. The molecule has 2 saturated heterocycles. The zero-order valence-corrected chi connectivity index (χ0v) is 13.0. The van der Waals surface area contributed by atoms with E-state index < -0.39 is 6.04 Å². The Hall–Kier alpha value is -2.04. The molecule has 0 radical (unpaired) electrons. The minimum Gasteiger partial charge on any atom is -0.373 e. The number of anilines is 2. The number of nitrogens with zero attached hydrogens (tertiary/aromatic N) is 2. The molecule has 5 heteroatoms. The van der Waals surface area contributed by atoms with Crippen LogP contribution in [0, 0.1) is 0 Å². The van der Waals surface area contributed by atoms with Crippen molar-refractivity contribution in [2.45, 2.75) is 38.6 Å². The lowest BCUT2D eigenvalue weighted by Gasteiger charge is -2.29. The molecule has 0 unspecified atom stereocenters. The van der Waals surface area contributed by atoms with Crippen molar-refractivity contribution < 1.29 is 9.59 Å². The topological polar surface area (TPSA) is 52.7 Å². The van der Waals surface area contributed by atoms with Crippen molar-refractivity contribution in [1.29, 1.82) is 0 Å². The zero-order chi connectivity index (χ0) is 15.5. The van der Waals surface area contributed by atoms with Crippen LogP contribution in [0.2, 0.25) is 0 Å². The molecule has 0 aromatic heterocycles. The van der Waals surface area contributed by atoms with Gasteiger partial charge in [0.2, 0.25) is 5.91 Å². The molecule has 2 aliphatic rings. The molecule has 2 heterocycles. The van der Waals surface area contributed by atoms with Crippen LogP contribution in [0.5, 0.6) is 0 Å². The van der Waals surface area contributed by atoms with Crippen molar-refractivity contribution in [2.24, 2.45) is 0 Å². The van der Waals surface area contributed by atoms with Crippen LogP contribution in [0.1, 0.15) is 32.6 Å². The van der Waals surface area contributed by atoms with Gasteiger partial charge in [-0.3, -0.25) is 14.5 Å². The van der Waals surface area contributed by atoms with Gasteiger partial charge < -0.3 is 10.2 Å².